The number of hydrogen-bond acceptors (Lipinski definition) is 0. The van der Waals surface area contributed by atoms with Crippen LogP contribution in [-0.4, -0.2) is 11.0 Å². The fraction of sp³-hybridized carbons (Fsp3) is 0. The van der Waals surface area contributed by atoms with Crippen molar-refractivity contribution < 1.29 is 30.4 Å². The van der Waals surface area contributed by atoms with E-state index in [9.17, 15) is 0 Å². The minimum atomic E-state index is 0. The maximum Gasteiger partial charge on any atom is 0 e. The zero-order valence-electron chi connectivity index (χ0n) is 2.12. The molecule has 0 heterocycles. The summed E-state index contributed by atoms with van der Waals surface area (Å²) in [5.74, 6) is 0. The molecule has 0 unspecified atom stereocenters. The van der Waals surface area contributed by atoms with Gasteiger partial charge in [-0.25, -0.2) is 0 Å². The van der Waals surface area contributed by atoms with Crippen LogP contribution < -0.4 is 0 Å². The van der Waals surface area contributed by atoms with Gasteiger partial charge in [-0.2, -0.15) is 0 Å². The van der Waals surface area contributed by atoms with E-state index in [2.05, 4.69) is 0 Å². The molecule has 4 heavy (non-hydrogen) atoms. The predicted octanol–water partition coefficient (Wildman–Crippen LogP) is -1.07. The molecule has 0 spiro atoms. The monoisotopic (exact) mass is 180 g/mol. The molecule has 4 heteroatoms. The zero-order chi connectivity index (χ0) is 0. The molecule has 0 amide bonds. The Kier molecular flexibility index (Phi) is 682. The van der Waals surface area contributed by atoms with Crippen molar-refractivity contribution in [3.63, 3.8) is 0 Å². The van der Waals surface area contributed by atoms with Crippen molar-refractivity contribution in [1.82, 2.24) is 0 Å². The summed E-state index contributed by atoms with van der Waals surface area (Å²) in [6, 6.07) is 0. The van der Waals surface area contributed by atoms with E-state index in [0.29, 0.717) is 0 Å². The van der Waals surface area contributed by atoms with E-state index in [1.807, 2.05) is 0 Å². The van der Waals surface area contributed by atoms with Crippen LogP contribution in [0.4, 0.5) is 0 Å². The van der Waals surface area contributed by atoms with Gasteiger partial charge in [0.2, 0.25) is 0 Å². The molecule has 0 radical (unpaired) electrons. The van der Waals surface area contributed by atoms with Gasteiger partial charge in [0, 0.05) is 19.5 Å². The minimum absolute atomic E-state index is 0. The predicted molar refractivity (Wildman–Crippen MR) is 17.5 cm³/mol. The van der Waals surface area contributed by atoms with Gasteiger partial charge in [-0.05, 0) is 0 Å². The third-order valence-electron chi connectivity index (χ3n) is 0. The van der Waals surface area contributed by atoms with Crippen molar-refractivity contribution in [2.45, 2.75) is 0 Å². The molecule has 0 rings (SSSR count). The van der Waals surface area contributed by atoms with E-state index in [4.69, 9.17) is 0 Å². The largest absolute Gasteiger partial charge is 0.412 e. The van der Waals surface area contributed by atoms with Crippen LogP contribution in [0.15, 0.2) is 0 Å². The standard InChI is InChI=1S/BrH.2H2O.Zn/h1H;2*1H2;. The van der Waals surface area contributed by atoms with E-state index < -0.39 is 0 Å². The molecule has 0 saturated heterocycles. The second-order valence-electron chi connectivity index (χ2n) is 0. The average molecular weight is 182 g/mol. The molecule has 0 saturated carbocycles. The fourth-order valence-corrected chi connectivity index (χ4v) is 0. The van der Waals surface area contributed by atoms with Gasteiger partial charge in [-0.15, -0.1) is 17.0 Å². The van der Waals surface area contributed by atoms with E-state index in [-0.39, 0.29) is 47.4 Å². The van der Waals surface area contributed by atoms with E-state index in [1.165, 1.54) is 0 Å². The van der Waals surface area contributed by atoms with Crippen molar-refractivity contribution in [2.75, 3.05) is 0 Å². The van der Waals surface area contributed by atoms with Crippen molar-refractivity contribution in [2.24, 2.45) is 0 Å². The van der Waals surface area contributed by atoms with Crippen LogP contribution in [0.1, 0.15) is 0 Å². The molecule has 26 valence electrons. The quantitative estimate of drug-likeness (QED) is 0.428. The number of hydrogen-bond donors (Lipinski definition) is 0. The zero-order valence-corrected chi connectivity index (χ0v) is 6.80. The molecule has 0 aromatic carbocycles. The molecule has 0 aliphatic carbocycles. The van der Waals surface area contributed by atoms with Gasteiger partial charge in [0.05, 0.1) is 0 Å². The van der Waals surface area contributed by atoms with Crippen LogP contribution in [0.5, 0.6) is 0 Å². The van der Waals surface area contributed by atoms with Crippen LogP contribution in [0.25, 0.3) is 0 Å². The molecule has 0 aromatic heterocycles. The number of rotatable bonds is 0. The van der Waals surface area contributed by atoms with Crippen LogP contribution in [0.2, 0.25) is 0 Å². The van der Waals surface area contributed by atoms with Gasteiger partial charge < -0.3 is 11.0 Å². The van der Waals surface area contributed by atoms with Gasteiger partial charge in [-0.3, -0.25) is 0 Å². The van der Waals surface area contributed by atoms with Crippen molar-refractivity contribution in [3.8, 4) is 0 Å². The summed E-state index contributed by atoms with van der Waals surface area (Å²) >= 11 is 0. The summed E-state index contributed by atoms with van der Waals surface area (Å²) < 4.78 is 0. The molecule has 0 aromatic rings. The first-order chi connectivity index (χ1) is 0. The van der Waals surface area contributed by atoms with Gasteiger partial charge in [0.25, 0.3) is 0 Å². The van der Waals surface area contributed by atoms with Crippen LogP contribution in [-0.2, 0) is 19.5 Å². The Labute approximate surface area is 47.7 Å². The second kappa shape index (κ2) is 35.1. The first-order valence-electron chi connectivity index (χ1n) is 0. The topological polar surface area (TPSA) is 63.0 Å². The SMILES string of the molecule is Br.O.O.[Zn]. The van der Waals surface area contributed by atoms with Gasteiger partial charge in [0.1, 0.15) is 0 Å². The van der Waals surface area contributed by atoms with Crippen LogP contribution in [0.3, 0.4) is 0 Å². The van der Waals surface area contributed by atoms with Crippen LogP contribution >= 0.6 is 17.0 Å². The van der Waals surface area contributed by atoms with Crippen molar-refractivity contribution in [3.05, 3.63) is 0 Å². The van der Waals surface area contributed by atoms with Gasteiger partial charge >= 0.3 is 0 Å². The molecule has 0 fully saturated rings. The molecule has 2 nitrogen and oxygen atoms in total. The third kappa shape index (κ3) is 11.8. The second-order valence-corrected chi connectivity index (χ2v) is 0. The smallest absolute Gasteiger partial charge is 0 e. The number of halogens is 1. The molecular formula is H5BrO2Zn. The average Bonchev–Trinajstić information content (AvgIpc) is 0. The molecule has 0 aliphatic heterocycles. The molecular weight excluding hydrogens is 177 g/mol. The van der Waals surface area contributed by atoms with Crippen molar-refractivity contribution >= 4 is 17.0 Å². The summed E-state index contributed by atoms with van der Waals surface area (Å²) in [7, 11) is 0. The molecule has 0 aliphatic rings. The molecule has 0 bridgehead atoms. The maximum atomic E-state index is 0. The third-order valence-corrected chi connectivity index (χ3v) is 0. The Morgan fingerprint density at radius 3 is 0.750 bits per heavy atom. The Balaban J connectivity index is 0. The maximum absolute atomic E-state index is 0. The Morgan fingerprint density at radius 2 is 0.750 bits per heavy atom. The van der Waals surface area contributed by atoms with E-state index in [0.717, 1.165) is 0 Å². The van der Waals surface area contributed by atoms with Crippen molar-refractivity contribution in [1.29, 1.82) is 0 Å². The molecule has 4 N–H and O–H groups in total. The Morgan fingerprint density at radius 1 is 0.750 bits per heavy atom. The molecule has 0 atom stereocenters. The van der Waals surface area contributed by atoms with E-state index >= 15 is 0 Å². The Bertz CT molecular complexity index is 6.00. The van der Waals surface area contributed by atoms with Crippen LogP contribution in [0, 0.1) is 0 Å². The normalized spacial score (nSPS) is 0. The summed E-state index contributed by atoms with van der Waals surface area (Å²) in [6.45, 7) is 0. The van der Waals surface area contributed by atoms with E-state index in [1.54, 1.807) is 0 Å². The summed E-state index contributed by atoms with van der Waals surface area (Å²) in [5.41, 5.74) is 0. The first-order valence-corrected chi connectivity index (χ1v) is 0. The van der Waals surface area contributed by atoms with Gasteiger partial charge in [0.15, 0.2) is 0 Å². The summed E-state index contributed by atoms with van der Waals surface area (Å²) in [4.78, 5) is 0. The summed E-state index contributed by atoms with van der Waals surface area (Å²) in [5, 5.41) is 0. The van der Waals surface area contributed by atoms with Gasteiger partial charge in [-0.1, -0.05) is 0 Å². The Hall–Kier alpha value is 1.02. The minimum Gasteiger partial charge on any atom is -0.412 e. The summed E-state index contributed by atoms with van der Waals surface area (Å²) in [6.07, 6.45) is 0. The fourth-order valence-electron chi connectivity index (χ4n) is 0. The first kappa shape index (κ1) is 77.6.